The van der Waals surface area contributed by atoms with Crippen LogP contribution in [-0.2, 0) is 4.74 Å². The van der Waals surface area contributed by atoms with Crippen LogP contribution in [0.25, 0.3) is 0 Å². The van der Waals surface area contributed by atoms with Crippen molar-refractivity contribution in [1.29, 1.82) is 0 Å². The Morgan fingerprint density at radius 1 is 1.64 bits per heavy atom. The Bertz CT molecular complexity index is 198. The summed E-state index contributed by atoms with van der Waals surface area (Å²) in [6, 6.07) is 0. The minimum atomic E-state index is -0.291. The van der Waals surface area contributed by atoms with Crippen molar-refractivity contribution in [2.45, 2.75) is 39.7 Å². The van der Waals surface area contributed by atoms with E-state index in [1.165, 1.54) is 5.57 Å². The van der Waals surface area contributed by atoms with Gasteiger partial charge in [0.15, 0.2) is 0 Å². The molecule has 2 heteroatoms. The van der Waals surface area contributed by atoms with E-state index in [9.17, 15) is 5.11 Å². The van der Waals surface area contributed by atoms with E-state index < -0.39 is 0 Å². The van der Waals surface area contributed by atoms with Crippen molar-refractivity contribution in [3.05, 3.63) is 11.6 Å². The number of rotatable bonds is 4. The SMILES string of the molecule is CCOCC(O)C1CC(C)=CC(C)C1. The van der Waals surface area contributed by atoms with Crippen molar-refractivity contribution in [2.75, 3.05) is 13.2 Å². The van der Waals surface area contributed by atoms with Gasteiger partial charge in [-0.15, -0.1) is 0 Å². The Hall–Kier alpha value is -0.340. The van der Waals surface area contributed by atoms with Gasteiger partial charge >= 0.3 is 0 Å². The summed E-state index contributed by atoms with van der Waals surface area (Å²) in [6.07, 6.45) is 4.13. The van der Waals surface area contributed by atoms with Crippen molar-refractivity contribution in [1.82, 2.24) is 0 Å². The van der Waals surface area contributed by atoms with Crippen LogP contribution in [0.2, 0.25) is 0 Å². The number of ether oxygens (including phenoxy) is 1. The molecule has 0 saturated carbocycles. The molecule has 0 amide bonds. The highest BCUT2D eigenvalue weighted by Gasteiger charge is 2.24. The lowest BCUT2D eigenvalue weighted by atomic mass is 9.81. The summed E-state index contributed by atoms with van der Waals surface area (Å²) in [5.41, 5.74) is 1.41. The largest absolute Gasteiger partial charge is 0.390 e. The number of allylic oxidation sites excluding steroid dienone is 2. The van der Waals surface area contributed by atoms with Gasteiger partial charge in [0.1, 0.15) is 0 Å². The van der Waals surface area contributed by atoms with Crippen LogP contribution in [0.5, 0.6) is 0 Å². The average molecular weight is 198 g/mol. The molecule has 3 atom stereocenters. The molecule has 1 N–H and O–H groups in total. The molecule has 14 heavy (non-hydrogen) atoms. The lowest BCUT2D eigenvalue weighted by Crippen LogP contribution is -2.29. The molecule has 0 radical (unpaired) electrons. The number of hydrogen-bond acceptors (Lipinski definition) is 2. The predicted molar refractivity (Wildman–Crippen MR) is 58.1 cm³/mol. The fraction of sp³-hybridized carbons (Fsp3) is 0.833. The Kier molecular flexibility index (Phi) is 4.63. The van der Waals surface area contributed by atoms with E-state index in [4.69, 9.17) is 4.74 Å². The third-order valence-electron chi connectivity index (χ3n) is 2.86. The molecule has 1 aliphatic carbocycles. The zero-order chi connectivity index (χ0) is 10.6. The minimum absolute atomic E-state index is 0.291. The minimum Gasteiger partial charge on any atom is -0.390 e. The van der Waals surface area contributed by atoms with Crippen molar-refractivity contribution in [2.24, 2.45) is 11.8 Å². The first-order chi connectivity index (χ1) is 6.63. The molecule has 0 fully saturated rings. The van der Waals surface area contributed by atoms with Gasteiger partial charge in [-0.25, -0.2) is 0 Å². The molecular weight excluding hydrogens is 176 g/mol. The maximum Gasteiger partial charge on any atom is 0.0805 e. The van der Waals surface area contributed by atoms with E-state index in [0.29, 0.717) is 25.0 Å². The summed E-state index contributed by atoms with van der Waals surface area (Å²) < 4.78 is 5.25. The second kappa shape index (κ2) is 5.52. The number of aliphatic hydroxyl groups is 1. The Labute approximate surface area is 87.0 Å². The topological polar surface area (TPSA) is 29.5 Å². The maximum atomic E-state index is 9.89. The van der Waals surface area contributed by atoms with Crippen LogP contribution in [0.3, 0.4) is 0 Å². The normalized spacial score (nSPS) is 29.9. The summed E-state index contributed by atoms with van der Waals surface area (Å²) >= 11 is 0. The fourth-order valence-electron chi connectivity index (χ4n) is 2.26. The van der Waals surface area contributed by atoms with E-state index in [1.807, 2.05) is 6.92 Å². The van der Waals surface area contributed by atoms with E-state index in [-0.39, 0.29) is 6.10 Å². The van der Waals surface area contributed by atoms with Gasteiger partial charge in [-0.3, -0.25) is 0 Å². The fourth-order valence-corrected chi connectivity index (χ4v) is 2.26. The van der Waals surface area contributed by atoms with Crippen LogP contribution in [0.15, 0.2) is 11.6 Å². The number of hydrogen-bond donors (Lipinski definition) is 1. The smallest absolute Gasteiger partial charge is 0.0805 e. The Morgan fingerprint density at radius 2 is 2.36 bits per heavy atom. The van der Waals surface area contributed by atoms with Crippen molar-refractivity contribution >= 4 is 0 Å². The zero-order valence-electron chi connectivity index (χ0n) is 9.49. The van der Waals surface area contributed by atoms with E-state index in [0.717, 1.165) is 12.8 Å². The van der Waals surface area contributed by atoms with Gasteiger partial charge in [-0.1, -0.05) is 18.6 Å². The van der Waals surface area contributed by atoms with Gasteiger partial charge in [-0.2, -0.15) is 0 Å². The van der Waals surface area contributed by atoms with Crippen LogP contribution in [0, 0.1) is 11.8 Å². The highest BCUT2D eigenvalue weighted by atomic mass is 16.5. The molecule has 0 spiro atoms. The lowest BCUT2D eigenvalue weighted by Gasteiger charge is -2.29. The van der Waals surface area contributed by atoms with Gasteiger partial charge in [-0.05, 0) is 38.5 Å². The molecule has 0 aromatic heterocycles. The molecule has 1 rings (SSSR count). The molecule has 0 aromatic rings. The Morgan fingerprint density at radius 3 is 2.93 bits per heavy atom. The van der Waals surface area contributed by atoms with Crippen LogP contribution in [0.4, 0.5) is 0 Å². The molecule has 3 unspecified atom stereocenters. The number of aliphatic hydroxyl groups excluding tert-OH is 1. The maximum absolute atomic E-state index is 9.89. The highest BCUT2D eigenvalue weighted by Crippen LogP contribution is 2.30. The van der Waals surface area contributed by atoms with Crippen LogP contribution in [-0.4, -0.2) is 24.4 Å². The monoisotopic (exact) mass is 198 g/mol. The Balaban J connectivity index is 2.41. The van der Waals surface area contributed by atoms with Gasteiger partial charge in [0, 0.05) is 6.61 Å². The summed E-state index contributed by atoms with van der Waals surface area (Å²) in [7, 11) is 0. The van der Waals surface area contributed by atoms with Crippen LogP contribution < -0.4 is 0 Å². The van der Waals surface area contributed by atoms with Crippen LogP contribution >= 0.6 is 0 Å². The molecule has 2 nitrogen and oxygen atoms in total. The van der Waals surface area contributed by atoms with Crippen molar-refractivity contribution < 1.29 is 9.84 Å². The second-order valence-corrected chi connectivity index (χ2v) is 4.42. The first kappa shape index (κ1) is 11.7. The van der Waals surface area contributed by atoms with E-state index in [2.05, 4.69) is 19.9 Å². The van der Waals surface area contributed by atoms with Gasteiger partial charge in [0.05, 0.1) is 12.7 Å². The van der Waals surface area contributed by atoms with Crippen molar-refractivity contribution in [3.63, 3.8) is 0 Å². The second-order valence-electron chi connectivity index (χ2n) is 4.42. The molecule has 1 aliphatic rings. The quantitative estimate of drug-likeness (QED) is 0.703. The molecule has 0 saturated heterocycles. The molecule has 0 bridgehead atoms. The third kappa shape index (κ3) is 3.43. The molecule has 0 heterocycles. The summed E-state index contributed by atoms with van der Waals surface area (Å²) in [5.74, 6) is 0.992. The summed E-state index contributed by atoms with van der Waals surface area (Å²) in [6.45, 7) is 7.50. The molecule has 82 valence electrons. The highest BCUT2D eigenvalue weighted by molar-refractivity contribution is 5.07. The van der Waals surface area contributed by atoms with Crippen molar-refractivity contribution in [3.8, 4) is 0 Å². The average Bonchev–Trinajstić information content (AvgIpc) is 2.12. The first-order valence-corrected chi connectivity index (χ1v) is 5.56. The zero-order valence-corrected chi connectivity index (χ0v) is 9.49. The van der Waals surface area contributed by atoms with Gasteiger partial charge in [0.2, 0.25) is 0 Å². The van der Waals surface area contributed by atoms with Gasteiger partial charge < -0.3 is 9.84 Å². The molecular formula is C12H22O2. The lowest BCUT2D eigenvalue weighted by molar-refractivity contribution is 0.00277. The van der Waals surface area contributed by atoms with E-state index >= 15 is 0 Å². The molecule has 0 aliphatic heterocycles. The molecule has 0 aromatic carbocycles. The third-order valence-corrected chi connectivity index (χ3v) is 2.86. The van der Waals surface area contributed by atoms with E-state index in [1.54, 1.807) is 0 Å². The van der Waals surface area contributed by atoms with Crippen LogP contribution in [0.1, 0.15) is 33.6 Å². The predicted octanol–water partition coefficient (Wildman–Crippen LogP) is 2.38. The summed E-state index contributed by atoms with van der Waals surface area (Å²) in [4.78, 5) is 0. The van der Waals surface area contributed by atoms with Gasteiger partial charge in [0.25, 0.3) is 0 Å². The first-order valence-electron chi connectivity index (χ1n) is 5.56. The standard InChI is InChI=1S/C12H22O2/c1-4-14-8-12(13)11-6-9(2)5-10(3)7-11/h5,9,11-13H,4,6-8H2,1-3H3. The summed E-state index contributed by atoms with van der Waals surface area (Å²) in [5, 5.41) is 9.89.